The van der Waals surface area contributed by atoms with Crippen LogP contribution in [0.3, 0.4) is 0 Å². The van der Waals surface area contributed by atoms with Gasteiger partial charge in [0.15, 0.2) is 17.5 Å². The Labute approximate surface area is 472 Å². The molecule has 3 fully saturated rings. The molecule has 0 spiro atoms. The van der Waals surface area contributed by atoms with Gasteiger partial charge in [0.2, 0.25) is 17.6 Å². The summed E-state index contributed by atoms with van der Waals surface area (Å²) >= 11 is 0. The maximum atomic E-state index is 13.8. The van der Waals surface area contributed by atoms with E-state index in [9.17, 15) is 40.7 Å². The molecule has 9 aromatic heterocycles. The summed E-state index contributed by atoms with van der Waals surface area (Å²) in [6.45, 7) is 0. The molecule has 9 aromatic rings. The predicted molar refractivity (Wildman–Crippen MR) is 286 cm³/mol. The van der Waals surface area contributed by atoms with E-state index in [1.807, 2.05) is 0 Å². The molecular formula is C54H48F6N18O6. The molecule has 30 heteroatoms. The molecule has 0 saturated heterocycles. The minimum absolute atomic E-state index is 0.161. The van der Waals surface area contributed by atoms with Gasteiger partial charge in [-0.3, -0.25) is 14.4 Å². The van der Waals surface area contributed by atoms with E-state index >= 15 is 0 Å². The lowest BCUT2D eigenvalue weighted by atomic mass is 9.87. The summed E-state index contributed by atoms with van der Waals surface area (Å²) < 4.78 is 102. The van der Waals surface area contributed by atoms with Gasteiger partial charge in [-0.25, -0.2) is 56.2 Å². The fourth-order valence-corrected chi connectivity index (χ4v) is 9.08. The van der Waals surface area contributed by atoms with Crippen molar-refractivity contribution in [3.05, 3.63) is 145 Å². The molecule has 3 atom stereocenters. The summed E-state index contributed by atoms with van der Waals surface area (Å²) in [5.41, 5.74) is 1.72. The second-order valence-corrected chi connectivity index (χ2v) is 18.9. The lowest BCUT2D eigenvalue weighted by Gasteiger charge is -2.37. The number of hydrogen-bond acceptors (Lipinski definition) is 18. The molecule has 432 valence electrons. The van der Waals surface area contributed by atoms with Gasteiger partial charge in [-0.05, 0) is 92.1 Å². The zero-order valence-corrected chi connectivity index (χ0v) is 44.5. The Bertz CT molecular complexity index is 3460. The predicted octanol–water partition coefficient (Wildman–Crippen LogP) is 8.90. The Morgan fingerprint density at radius 2 is 0.726 bits per heavy atom. The number of amides is 3. The van der Waals surface area contributed by atoms with Crippen LogP contribution in [0.5, 0.6) is 17.6 Å². The van der Waals surface area contributed by atoms with Crippen molar-refractivity contribution in [1.82, 2.24) is 74.2 Å². The molecule has 3 aliphatic carbocycles. The van der Waals surface area contributed by atoms with Crippen molar-refractivity contribution >= 4 is 35.2 Å². The molecule has 0 aromatic carbocycles. The zero-order chi connectivity index (χ0) is 59.2. The van der Waals surface area contributed by atoms with Crippen molar-refractivity contribution in [3.63, 3.8) is 0 Å². The van der Waals surface area contributed by atoms with Crippen molar-refractivity contribution in [1.29, 1.82) is 0 Å². The smallest absolute Gasteiger partial charge is 0.268 e. The molecule has 0 bridgehead atoms. The molecule has 12 rings (SSSR count). The largest absolute Gasteiger partial charge is 0.480 e. The minimum atomic E-state index is -2.79. The highest BCUT2D eigenvalue weighted by Gasteiger charge is 2.52. The van der Waals surface area contributed by atoms with Crippen LogP contribution < -0.4 is 30.2 Å². The lowest BCUT2D eigenvalue weighted by molar-refractivity contribution is -0.122. The van der Waals surface area contributed by atoms with Gasteiger partial charge in [0.25, 0.3) is 35.5 Å². The zero-order valence-electron chi connectivity index (χ0n) is 44.5. The number of carbonyl (C=O) groups excluding carboxylic acids is 3. The number of hydrogen-bond donors (Lipinski definition) is 3. The van der Waals surface area contributed by atoms with Gasteiger partial charge in [0, 0.05) is 37.9 Å². The van der Waals surface area contributed by atoms with E-state index in [1.165, 1.54) is 72.6 Å². The highest BCUT2D eigenvalue weighted by atomic mass is 19.3. The third-order valence-electron chi connectivity index (χ3n) is 13.7. The van der Waals surface area contributed by atoms with Crippen LogP contribution in [0, 0.1) is 0 Å². The highest BCUT2D eigenvalue weighted by Crippen LogP contribution is 2.50. The third kappa shape index (κ3) is 12.0. The number of methoxy groups -OCH3 is 3. The number of pyridine rings is 6. The first kappa shape index (κ1) is 57.0. The summed E-state index contributed by atoms with van der Waals surface area (Å²) in [6, 6.07) is 21.2. The molecule has 1 unspecified atom stereocenters. The van der Waals surface area contributed by atoms with Gasteiger partial charge >= 0.3 is 0 Å². The van der Waals surface area contributed by atoms with Crippen LogP contribution in [0.25, 0.3) is 34.6 Å². The van der Waals surface area contributed by atoms with Crippen molar-refractivity contribution < 1.29 is 54.9 Å². The van der Waals surface area contributed by atoms with Crippen molar-refractivity contribution in [2.24, 2.45) is 0 Å². The van der Waals surface area contributed by atoms with E-state index in [2.05, 4.69) is 76.4 Å². The molecule has 3 N–H and O–H groups in total. The number of anilines is 3. The maximum Gasteiger partial charge on any atom is 0.268 e. The molecule has 3 amide bonds. The van der Waals surface area contributed by atoms with Crippen molar-refractivity contribution in [3.8, 4) is 52.2 Å². The summed E-state index contributed by atoms with van der Waals surface area (Å²) in [5, 5.41) is 31.0. The Morgan fingerprint density at radius 3 is 0.964 bits per heavy atom. The SMILES string of the molecule is COc1ncccc1C(=O)Nc1cccc(-c2nncn2C2CCC2(F)F)n1.COc1ncccc1C(=O)Nc1cccc(-c2nncn2[C@@H]2CCC2(F)F)n1.COc1ncccc1C(=O)Nc1cccc(-c2nncn2[C@H]2CCC2(F)F)n1. The first-order valence-electron chi connectivity index (χ1n) is 25.6. The van der Waals surface area contributed by atoms with Gasteiger partial charge in [-0.1, -0.05) is 18.2 Å². The molecule has 0 radical (unpaired) electrons. The van der Waals surface area contributed by atoms with Crippen LogP contribution in [-0.4, -0.2) is 131 Å². The first-order chi connectivity index (χ1) is 40.5. The van der Waals surface area contributed by atoms with Gasteiger partial charge < -0.3 is 43.9 Å². The number of alkyl halides is 6. The average molecular weight is 1160 g/mol. The average Bonchev–Trinajstić information content (AvgIpc) is 2.67. The lowest BCUT2D eigenvalue weighted by Crippen LogP contribution is -2.40. The number of nitrogens with zero attached hydrogens (tertiary/aromatic N) is 15. The Hall–Kier alpha value is -10.3. The van der Waals surface area contributed by atoms with Crippen LogP contribution in [0.1, 0.15) is 87.7 Å². The normalized spacial score (nSPS) is 17.6. The third-order valence-corrected chi connectivity index (χ3v) is 13.7. The van der Waals surface area contributed by atoms with E-state index in [4.69, 9.17) is 14.2 Å². The van der Waals surface area contributed by atoms with Crippen molar-refractivity contribution in [2.45, 2.75) is 74.4 Å². The van der Waals surface area contributed by atoms with Crippen LogP contribution in [-0.2, 0) is 0 Å². The minimum Gasteiger partial charge on any atom is -0.480 e. The second kappa shape index (κ2) is 24.0. The Kier molecular flexibility index (Phi) is 16.3. The fourth-order valence-electron chi connectivity index (χ4n) is 9.08. The molecule has 0 aliphatic heterocycles. The topological polar surface area (TPSA) is 284 Å². The molecule has 24 nitrogen and oxygen atoms in total. The van der Waals surface area contributed by atoms with Gasteiger partial charge in [-0.15, -0.1) is 30.6 Å². The molecule has 3 aliphatic rings. The standard InChI is InChI=1S/3C18H16F2N6O2/c3*1-28-17-11(4-3-9-21-17)16(27)24-14-6-2-5-12(23-14)15-25-22-10-26(15)13-7-8-18(13,19)20/h3*2-6,9-10,13H,7-8H2,1H3,(H,23,24,27)/t2*13-;/m10./s1. The van der Waals surface area contributed by atoms with E-state index in [0.717, 1.165) is 0 Å². The van der Waals surface area contributed by atoms with Crippen molar-refractivity contribution in [2.75, 3.05) is 37.3 Å². The van der Waals surface area contributed by atoms with Crippen LogP contribution >= 0.6 is 0 Å². The van der Waals surface area contributed by atoms with Gasteiger partial charge in [0.05, 0.1) is 21.3 Å². The maximum absolute atomic E-state index is 13.8. The number of carbonyl (C=O) groups is 3. The Balaban J connectivity index is 0.000000140. The van der Waals surface area contributed by atoms with E-state index in [1.54, 1.807) is 91.0 Å². The number of ether oxygens (including phenoxy) is 3. The van der Waals surface area contributed by atoms with E-state index in [0.29, 0.717) is 36.3 Å². The summed E-state index contributed by atoms with van der Waals surface area (Å²) in [7, 11) is 4.25. The molecule has 3 saturated carbocycles. The van der Waals surface area contributed by atoms with E-state index < -0.39 is 53.6 Å². The fraction of sp³-hybridized carbons (Fsp3) is 0.278. The highest BCUT2D eigenvalue weighted by molar-refractivity contribution is 6.06. The molecule has 84 heavy (non-hydrogen) atoms. The number of rotatable bonds is 15. The second-order valence-electron chi connectivity index (χ2n) is 18.9. The monoisotopic (exact) mass is 1160 g/mol. The van der Waals surface area contributed by atoms with Crippen LogP contribution in [0.4, 0.5) is 43.8 Å². The van der Waals surface area contributed by atoms with Crippen LogP contribution in [0.2, 0.25) is 0 Å². The van der Waals surface area contributed by atoms with Crippen LogP contribution in [0.15, 0.2) is 129 Å². The summed E-state index contributed by atoms with van der Waals surface area (Å²) in [6.07, 6.45) is 8.91. The Morgan fingerprint density at radius 1 is 0.440 bits per heavy atom. The first-order valence-corrected chi connectivity index (χ1v) is 25.6. The summed E-state index contributed by atoms with van der Waals surface area (Å²) in [4.78, 5) is 62.4. The number of halogens is 6. The number of aromatic nitrogens is 15. The summed E-state index contributed by atoms with van der Waals surface area (Å²) in [5.74, 6) is -7.81. The number of nitrogens with one attached hydrogen (secondary N) is 3. The molecular weight excluding hydrogens is 1110 g/mol. The van der Waals surface area contributed by atoms with E-state index in [-0.39, 0.29) is 88.5 Å². The van der Waals surface area contributed by atoms with Gasteiger partial charge in [0.1, 0.15) is 88.3 Å². The quantitative estimate of drug-likeness (QED) is 0.0807. The van der Waals surface area contributed by atoms with Gasteiger partial charge in [-0.2, -0.15) is 0 Å². The molecule has 9 heterocycles.